The maximum absolute atomic E-state index is 10.8. The van der Waals surface area contributed by atoms with Gasteiger partial charge in [0.05, 0.1) is 13.2 Å². The molecule has 8 nitrogen and oxygen atoms in total. The Bertz CT molecular complexity index is 651. The molecule has 0 atom stereocenters. The number of hydrogen-bond acceptors (Lipinski definition) is 6. The number of ether oxygens (including phenoxy) is 1. The van der Waals surface area contributed by atoms with Gasteiger partial charge in [0.15, 0.2) is 5.82 Å². The fourth-order valence-corrected chi connectivity index (χ4v) is 2.47. The average molecular weight is 303 g/mol. The van der Waals surface area contributed by atoms with Gasteiger partial charge in [-0.3, -0.25) is 9.69 Å². The first-order chi connectivity index (χ1) is 10.7. The lowest BCUT2D eigenvalue weighted by Gasteiger charge is -2.26. The molecule has 1 fully saturated rings. The van der Waals surface area contributed by atoms with Gasteiger partial charge in [0, 0.05) is 25.2 Å². The quantitative estimate of drug-likeness (QED) is 0.846. The Morgan fingerprint density at radius 1 is 1.32 bits per heavy atom. The summed E-state index contributed by atoms with van der Waals surface area (Å²) in [7, 11) is 0. The van der Waals surface area contributed by atoms with E-state index in [4.69, 9.17) is 9.84 Å². The van der Waals surface area contributed by atoms with Crippen molar-refractivity contribution in [2.45, 2.75) is 13.1 Å². The van der Waals surface area contributed by atoms with Crippen molar-refractivity contribution >= 4 is 5.97 Å². The van der Waals surface area contributed by atoms with E-state index in [1.165, 1.54) is 4.68 Å². The third kappa shape index (κ3) is 3.46. The monoisotopic (exact) mass is 303 g/mol. The van der Waals surface area contributed by atoms with Gasteiger partial charge in [0.25, 0.3) is 0 Å². The molecule has 8 heteroatoms. The van der Waals surface area contributed by atoms with E-state index in [0.717, 1.165) is 44.0 Å². The van der Waals surface area contributed by atoms with Gasteiger partial charge >= 0.3 is 5.97 Å². The van der Waals surface area contributed by atoms with Crippen LogP contribution < -0.4 is 0 Å². The smallest absolute Gasteiger partial charge is 0.325 e. The molecule has 1 aromatic carbocycles. The molecule has 0 amide bonds. The molecule has 22 heavy (non-hydrogen) atoms. The molecular weight excluding hydrogens is 286 g/mol. The number of carbonyl (C=O) groups is 1. The molecule has 0 bridgehead atoms. The number of rotatable bonds is 5. The summed E-state index contributed by atoms with van der Waals surface area (Å²) in [6.45, 7) is 3.93. The van der Waals surface area contributed by atoms with Crippen molar-refractivity contribution < 1.29 is 14.6 Å². The average Bonchev–Trinajstić information content (AvgIpc) is 2.96. The van der Waals surface area contributed by atoms with Gasteiger partial charge in [0.2, 0.25) is 0 Å². The molecule has 1 aliphatic heterocycles. The van der Waals surface area contributed by atoms with Crippen molar-refractivity contribution in [3.63, 3.8) is 0 Å². The Morgan fingerprint density at radius 3 is 2.91 bits per heavy atom. The third-order valence-electron chi connectivity index (χ3n) is 3.51. The van der Waals surface area contributed by atoms with Gasteiger partial charge < -0.3 is 9.84 Å². The van der Waals surface area contributed by atoms with Crippen LogP contribution in [0, 0.1) is 0 Å². The van der Waals surface area contributed by atoms with Crippen LogP contribution >= 0.6 is 0 Å². The van der Waals surface area contributed by atoms with Crippen LogP contribution in [0.5, 0.6) is 0 Å². The van der Waals surface area contributed by atoms with Crippen LogP contribution in [-0.4, -0.2) is 62.5 Å². The molecule has 0 aliphatic carbocycles. The summed E-state index contributed by atoms with van der Waals surface area (Å²) >= 11 is 0. The lowest BCUT2D eigenvalue weighted by Crippen LogP contribution is -2.35. The zero-order chi connectivity index (χ0) is 15.4. The maximum Gasteiger partial charge on any atom is 0.325 e. The highest BCUT2D eigenvalue weighted by atomic mass is 16.5. The molecule has 2 aromatic rings. The first kappa shape index (κ1) is 14.6. The summed E-state index contributed by atoms with van der Waals surface area (Å²) in [6.07, 6.45) is 0. The van der Waals surface area contributed by atoms with Crippen molar-refractivity contribution in [1.29, 1.82) is 0 Å². The number of carboxylic acids is 1. The van der Waals surface area contributed by atoms with E-state index in [0.29, 0.717) is 5.82 Å². The van der Waals surface area contributed by atoms with Crippen LogP contribution in [-0.2, 0) is 22.6 Å². The van der Waals surface area contributed by atoms with Crippen molar-refractivity contribution in [1.82, 2.24) is 25.1 Å². The summed E-state index contributed by atoms with van der Waals surface area (Å²) in [5, 5.41) is 20.1. The number of carboxylic acid groups (broad SMARTS) is 1. The second kappa shape index (κ2) is 6.63. The minimum absolute atomic E-state index is 0.254. The summed E-state index contributed by atoms with van der Waals surface area (Å²) in [6, 6.07) is 7.86. The molecule has 0 spiro atoms. The van der Waals surface area contributed by atoms with Crippen LogP contribution in [0.3, 0.4) is 0 Å². The Morgan fingerprint density at radius 2 is 2.14 bits per heavy atom. The fraction of sp³-hybridized carbons (Fsp3) is 0.429. The van der Waals surface area contributed by atoms with Gasteiger partial charge in [0.1, 0.15) is 6.54 Å². The zero-order valence-corrected chi connectivity index (χ0v) is 12.1. The van der Waals surface area contributed by atoms with E-state index in [-0.39, 0.29) is 6.54 Å². The van der Waals surface area contributed by atoms with Crippen molar-refractivity contribution in [3.8, 4) is 11.4 Å². The van der Waals surface area contributed by atoms with Gasteiger partial charge in [-0.25, -0.2) is 4.68 Å². The lowest BCUT2D eigenvalue weighted by molar-refractivity contribution is -0.137. The fourth-order valence-electron chi connectivity index (χ4n) is 2.47. The Labute approximate surface area is 127 Å². The molecule has 0 saturated carbocycles. The normalized spacial score (nSPS) is 15.8. The van der Waals surface area contributed by atoms with Crippen molar-refractivity contribution in [2.24, 2.45) is 0 Å². The SMILES string of the molecule is O=C(O)Cn1nnnc1-c1cccc(CN2CCOCC2)c1. The van der Waals surface area contributed by atoms with Crippen LogP contribution in [0.4, 0.5) is 0 Å². The molecule has 1 N–H and O–H groups in total. The number of tetrazole rings is 1. The van der Waals surface area contributed by atoms with E-state index in [1.807, 2.05) is 24.3 Å². The van der Waals surface area contributed by atoms with Gasteiger partial charge in [-0.05, 0) is 22.1 Å². The Balaban J connectivity index is 1.78. The summed E-state index contributed by atoms with van der Waals surface area (Å²) in [5.74, 6) is -0.510. The predicted octanol–water partition coefficient (Wildman–Crippen LogP) is 0.257. The standard InChI is InChI=1S/C14H17N5O3/c20-13(21)10-19-14(15-16-17-19)12-3-1-2-11(8-12)9-18-4-6-22-7-5-18/h1-3,8H,4-7,9-10H2,(H,20,21). The van der Waals surface area contributed by atoms with Crippen LogP contribution in [0.2, 0.25) is 0 Å². The Hall–Kier alpha value is -2.32. The Kier molecular flexibility index (Phi) is 4.40. The maximum atomic E-state index is 10.8. The number of benzene rings is 1. The molecular formula is C14H17N5O3. The highest BCUT2D eigenvalue weighted by molar-refractivity contribution is 5.67. The summed E-state index contributed by atoms with van der Waals surface area (Å²) in [5.41, 5.74) is 1.96. The first-order valence-corrected chi connectivity index (χ1v) is 7.10. The van der Waals surface area contributed by atoms with E-state index >= 15 is 0 Å². The van der Waals surface area contributed by atoms with E-state index in [9.17, 15) is 4.79 Å². The molecule has 0 unspecified atom stereocenters. The van der Waals surface area contributed by atoms with Crippen molar-refractivity contribution in [2.75, 3.05) is 26.3 Å². The first-order valence-electron chi connectivity index (χ1n) is 7.10. The molecule has 2 heterocycles. The summed E-state index contributed by atoms with van der Waals surface area (Å²) in [4.78, 5) is 13.2. The van der Waals surface area contributed by atoms with Crippen LogP contribution in [0.25, 0.3) is 11.4 Å². The molecule has 0 radical (unpaired) electrons. The van der Waals surface area contributed by atoms with Gasteiger partial charge in [-0.1, -0.05) is 18.2 Å². The van der Waals surface area contributed by atoms with Gasteiger partial charge in [-0.2, -0.15) is 0 Å². The van der Waals surface area contributed by atoms with E-state index < -0.39 is 5.97 Å². The highest BCUT2D eigenvalue weighted by Crippen LogP contribution is 2.18. The number of aromatic nitrogens is 4. The third-order valence-corrected chi connectivity index (χ3v) is 3.51. The second-order valence-corrected chi connectivity index (χ2v) is 5.14. The van der Waals surface area contributed by atoms with E-state index in [1.54, 1.807) is 0 Å². The molecule has 3 rings (SSSR count). The number of hydrogen-bond donors (Lipinski definition) is 1. The highest BCUT2D eigenvalue weighted by Gasteiger charge is 2.14. The lowest BCUT2D eigenvalue weighted by atomic mass is 10.1. The largest absolute Gasteiger partial charge is 0.480 e. The molecule has 1 aromatic heterocycles. The predicted molar refractivity (Wildman–Crippen MR) is 77.0 cm³/mol. The minimum atomic E-state index is -0.974. The van der Waals surface area contributed by atoms with Crippen molar-refractivity contribution in [3.05, 3.63) is 29.8 Å². The molecule has 1 saturated heterocycles. The molecule has 116 valence electrons. The topological polar surface area (TPSA) is 93.4 Å². The number of aliphatic carboxylic acids is 1. The summed E-state index contributed by atoms with van der Waals surface area (Å²) < 4.78 is 6.63. The molecule has 1 aliphatic rings. The van der Waals surface area contributed by atoms with Gasteiger partial charge in [-0.15, -0.1) is 5.10 Å². The second-order valence-electron chi connectivity index (χ2n) is 5.14. The van der Waals surface area contributed by atoms with Crippen LogP contribution in [0.1, 0.15) is 5.56 Å². The van der Waals surface area contributed by atoms with Crippen LogP contribution in [0.15, 0.2) is 24.3 Å². The zero-order valence-electron chi connectivity index (χ0n) is 12.1. The number of morpholine rings is 1. The number of nitrogens with zero attached hydrogens (tertiary/aromatic N) is 5. The van der Waals surface area contributed by atoms with E-state index in [2.05, 4.69) is 20.4 Å². The minimum Gasteiger partial charge on any atom is -0.480 e.